The molecule has 26 heavy (non-hydrogen) atoms. The molecular formula is C17H16N4O4S. The number of rotatable bonds is 3. The van der Waals surface area contributed by atoms with Crippen LogP contribution in [0.4, 0.5) is 0 Å². The van der Waals surface area contributed by atoms with Crippen molar-refractivity contribution in [2.24, 2.45) is 0 Å². The Labute approximate surface area is 149 Å². The maximum absolute atomic E-state index is 11.6. The van der Waals surface area contributed by atoms with E-state index in [2.05, 4.69) is 15.2 Å². The molecule has 9 heteroatoms. The van der Waals surface area contributed by atoms with E-state index >= 15 is 0 Å². The predicted octanol–water partition coefficient (Wildman–Crippen LogP) is 1.89. The zero-order valence-corrected chi connectivity index (χ0v) is 14.6. The highest BCUT2D eigenvalue weighted by atomic mass is 32.2. The van der Waals surface area contributed by atoms with Gasteiger partial charge in [-0.3, -0.25) is 4.68 Å². The molecule has 8 nitrogen and oxygen atoms in total. The molecule has 0 saturated carbocycles. The van der Waals surface area contributed by atoms with Crippen LogP contribution in [0, 0.1) is 0 Å². The zero-order valence-electron chi connectivity index (χ0n) is 13.8. The topological polar surface area (TPSA) is 100 Å². The van der Waals surface area contributed by atoms with Crippen LogP contribution in [0.15, 0.2) is 35.1 Å². The Hall–Kier alpha value is -2.68. The molecule has 1 aromatic carbocycles. The van der Waals surface area contributed by atoms with E-state index in [4.69, 9.17) is 9.26 Å². The van der Waals surface area contributed by atoms with Crippen molar-refractivity contribution in [3.8, 4) is 28.6 Å². The van der Waals surface area contributed by atoms with Crippen LogP contribution in [0.2, 0.25) is 0 Å². The summed E-state index contributed by atoms with van der Waals surface area (Å²) in [6.07, 6.45) is 4.85. The van der Waals surface area contributed by atoms with Gasteiger partial charge >= 0.3 is 0 Å². The minimum absolute atomic E-state index is 0.125. The van der Waals surface area contributed by atoms with E-state index in [-0.39, 0.29) is 17.5 Å². The van der Waals surface area contributed by atoms with Crippen molar-refractivity contribution >= 4 is 9.84 Å². The molecule has 1 atom stereocenters. The van der Waals surface area contributed by atoms with E-state index in [0.29, 0.717) is 30.3 Å². The highest BCUT2D eigenvalue weighted by molar-refractivity contribution is 7.91. The Bertz CT molecular complexity index is 1090. The Morgan fingerprint density at radius 1 is 1.23 bits per heavy atom. The average Bonchev–Trinajstić information content (AvgIpc) is 3.39. The lowest BCUT2D eigenvalue weighted by molar-refractivity contribution is 0.357. The Kier molecular flexibility index (Phi) is 3.39. The second kappa shape index (κ2) is 5.66. The third-order valence-corrected chi connectivity index (χ3v) is 6.56. The van der Waals surface area contributed by atoms with Gasteiger partial charge < -0.3 is 9.26 Å². The summed E-state index contributed by atoms with van der Waals surface area (Å²) >= 11 is 0. The van der Waals surface area contributed by atoms with Crippen molar-refractivity contribution in [2.45, 2.75) is 18.9 Å². The first-order chi connectivity index (χ1) is 12.6. The second-order valence-electron chi connectivity index (χ2n) is 6.61. The zero-order chi connectivity index (χ0) is 17.7. The van der Waals surface area contributed by atoms with Gasteiger partial charge in [0, 0.05) is 18.2 Å². The number of aromatic nitrogens is 4. The molecule has 2 aromatic heterocycles. The van der Waals surface area contributed by atoms with Gasteiger partial charge in [-0.05, 0) is 30.2 Å². The molecule has 0 spiro atoms. The summed E-state index contributed by atoms with van der Waals surface area (Å²) < 4.78 is 35.8. The van der Waals surface area contributed by atoms with Gasteiger partial charge in [-0.2, -0.15) is 10.1 Å². The van der Waals surface area contributed by atoms with Gasteiger partial charge in [0.25, 0.3) is 5.89 Å². The molecule has 1 saturated heterocycles. The molecule has 0 N–H and O–H groups in total. The Morgan fingerprint density at radius 3 is 3.00 bits per heavy atom. The molecule has 2 aliphatic heterocycles. The lowest BCUT2D eigenvalue weighted by atomic mass is 10.1. The van der Waals surface area contributed by atoms with E-state index in [1.54, 1.807) is 17.1 Å². The molecule has 1 unspecified atom stereocenters. The van der Waals surface area contributed by atoms with Crippen LogP contribution in [0.1, 0.15) is 18.0 Å². The second-order valence-corrected chi connectivity index (χ2v) is 8.84. The molecular weight excluding hydrogens is 356 g/mol. The van der Waals surface area contributed by atoms with Gasteiger partial charge in [-0.1, -0.05) is 5.16 Å². The lowest BCUT2D eigenvalue weighted by Gasteiger charge is -2.06. The van der Waals surface area contributed by atoms with Crippen molar-refractivity contribution in [3.63, 3.8) is 0 Å². The van der Waals surface area contributed by atoms with Crippen LogP contribution < -0.4 is 4.74 Å². The van der Waals surface area contributed by atoms with Gasteiger partial charge in [0.05, 0.1) is 35.9 Å². The van der Waals surface area contributed by atoms with Crippen molar-refractivity contribution in [3.05, 3.63) is 36.2 Å². The van der Waals surface area contributed by atoms with Crippen LogP contribution in [0.3, 0.4) is 0 Å². The first-order valence-electron chi connectivity index (χ1n) is 8.42. The van der Waals surface area contributed by atoms with Crippen LogP contribution in [-0.4, -0.2) is 46.5 Å². The summed E-state index contributed by atoms with van der Waals surface area (Å²) in [6, 6.07) is 5.72. The smallest absolute Gasteiger partial charge is 0.261 e. The highest BCUT2D eigenvalue weighted by Crippen LogP contribution is 2.31. The van der Waals surface area contributed by atoms with Crippen molar-refractivity contribution in [1.29, 1.82) is 0 Å². The lowest BCUT2D eigenvalue weighted by Crippen LogP contribution is -2.11. The molecule has 0 aliphatic carbocycles. The van der Waals surface area contributed by atoms with Gasteiger partial charge in [0.2, 0.25) is 5.82 Å². The molecule has 0 amide bonds. The molecule has 134 valence electrons. The van der Waals surface area contributed by atoms with Crippen molar-refractivity contribution in [2.75, 3.05) is 18.1 Å². The minimum atomic E-state index is -2.96. The number of ether oxygens (including phenoxy) is 1. The van der Waals surface area contributed by atoms with Crippen LogP contribution in [0.25, 0.3) is 22.8 Å². The van der Waals surface area contributed by atoms with E-state index in [1.165, 1.54) is 0 Å². The number of sulfone groups is 1. The first kappa shape index (κ1) is 15.6. The summed E-state index contributed by atoms with van der Waals surface area (Å²) in [5.41, 5.74) is 2.69. The maximum atomic E-state index is 11.6. The molecule has 0 bridgehead atoms. The van der Waals surface area contributed by atoms with Crippen LogP contribution >= 0.6 is 0 Å². The first-order valence-corrected chi connectivity index (χ1v) is 10.2. The maximum Gasteiger partial charge on any atom is 0.261 e. The fraction of sp³-hybridized carbons (Fsp3) is 0.353. The summed E-state index contributed by atoms with van der Waals surface area (Å²) in [4.78, 5) is 4.45. The van der Waals surface area contributed by atoms with Crippen LogP contribution in [-0.2, 0) is 16.3 Å². The fourth-order valence-corrected chi connectivity index (χ4v) is 5.12. The molecule has 3 aromatic rings. The van der Waals surface area contributed by atoms with Gasteiger partial charge in [0.1, 0.15) is 5.75 Å². The highest BCUT2D eigenvalue weighted by Gasteiger charge is 2.30. The van der Waals surface area contributed by atoms with E-state index in [9.17, 15) is 8.42 Å². The minimum Gasteiger partial charge on any atom is -0.493 e. The molecule has 4 heterocycles. The third-order valence-electron chi connectivity index (χ3n) is 4.80. The van der Waals surface area contributed by atoms with Crippen molar-refractivity contribution in [1.82, 2.24) is 19.9 Å². The monoisotopic (exact) mass is 372 g/mol. The van der Waals surface area contributed by atoms with Crippen molar-refractivity contribution < 1.29 is 17.7 Å². The molecule has 2 aliphatic rings. The standard InChI is InChI=1S/C17H16N4O4S/c22-26(23)6-4-14(10-26)21-9-13(8-18-21)17-19-16(20-25-17)12-1-2-15-11(7-12)3-5-24-15/h1-2,7-9,14H,3-6,10H2. The third kappa shape index (κ3) is 2.68. The van der Waals surface area contributed by atoms with Gasteiger partial charge in [-0.15, -0.1) is 0 Å². The quantitative estimate of drug-likeness (QED) is 0.692. The van der Waals surface area contributed by atoms with Crippen LogP contribution in [0.5, 0.6) is 5.75 Å². The van der Waals surface area contributed by atoms with Gasteiger partial charge in [0.15, 0.2) is 9.84 Å². The molecule has 5 rings (SSSR count). The normalized spacial score (nSPS) is 20.8. The number of hydrogen-bond donors (Lipinski definition) is 0. The predicted molar refractivity (Wildman–Crippen MR) is 92.5 cm³/mol. The SMILES string of the molecule is O=S1(=O)CCC(n2cc(-c3nc(-c4ccc5c(c4)CCO5)no3)cn2)C1. The average molecular weight is 372 g/mol. The number of fused-ring (bicyclic) bond motifs is 1. The number of hydrogen-bond acceptors (Lipinski definition) is 7. The number of nitrogens with zero attached hydrogens (tertiary/aromatic N) is 4. The molecule has 1 fully saturated rings. The van der Waals surface area contributed by atoms with Gasteiger partial charge in [-0.25, -0.2) is 8.42 Å². The number of benzene rings is 1. The Balaban J connectivity index is 1.41. The molecule has 0 radical (unpaired) electrons. The fourth-order valence-electron chi connectivity index (χ4n) is 3.42. The van der Waals surface area contributed by atoms with E-state index in [1.807, 2.05) is 18.2 Å². The Morgan fingerprint density at radius 2 is 2.15 bits per heavy atom. The summed E-state index contributed by atoms with van der Waals surface area (Å²) in [6.45, 7) is 0.701. The van der Waals surface area contributed by atoms with E-state index in [0.717, 1.165) is 23.3 Å². The summed E-state index contributed by atoms with van der Waals surface area (Å²) in [5.74, 6) is 2.11. The summed E-state index contributed by atoms with van der Waals surface area (Å²) in [7, 11) is -2.96. The largest absolute Gasteiger partial charge is 0.493 e. The summed E-state index contributed by atoms with van der Waals surface area (Å²) in [5, 5.41) is 8.34. The van der Waals surface area contributed by atoms with E-state index < -0.39 is 9.84 Å².